The highest BCUT2D eigenvalue weighted by molar-refractivity contribution is 7.32. The van der Waals surface area contributed by atoms with Crippen molar-refractivity contribution in [3.63, 3.8) is 0 Å². The molecule has 0 aromatic heterocycles. The first-order valence-corrected chi connectivity index (χ1v) is 8.69. The summed E-state index contributed by atoms with van der Waals surface area (Å²) in [6.45, 7) is 3.64. The summed E-state index contributed by atoms with van der Waals surface area (Å²) >= 11 is 12.6. The summed E-state index contributed by atoms with van der Waals surface area (Å²) in [6, 6.07) is 7.72. The van der Waals surface area contributed by atoms with Crippen LogP contribution in [0.2, 0.25) is 0 Å². The van der Waals surface area contributed by atoms with Crippen molar-refractivity contribution in [2.24, 2.45) is 0 Å². The molecule has 0 aliphatic rings. The Morgan fingerprint density at radius 1 is 1.44 bits per heavy atom. The van der Waals surface area contributed by atoms with E-state index in [0.717, 1.165) is 10.9 Å². The molecule has 4 heteroatoms. The highest BCUT2D eigenvalue weighted by atomic mass is 35.6. The Morgan fingerprint density at radius 3 is 2.69 bits per heavy atom. The van der Waals surface area contributed by atoms with Gasteiger partial charge >= 0.3 is 0 Å². The van der Waals surface area contributed by atoms with E-state index in [0.29, 0.717) is 5.50 Å². The smallest absolute Gasteiger partial charge is 0.228 e. The van der Waals surface area contributed by atoms with Crippen LogP contribution in [0.15, 0.2) is 48.7 Å². The number of rotatable bonds is 5. The number of allylic oxidation sites excluding steroid dienone is 2. The Kier molecular flexibility index (Phi) is 5.12. The molecule has 16 heavy (non-hydrogen) atoms. The zero-order chi connectivity index (χ0) is 12.0. The van der Waals surface area contributed by atoms with Crippen LogP contribution in [0.1, 0.15) is 0 Å². The third-order valence-electron chi connectivity index (χ3n) is 2.25. The van der Waals surface area contributed by atoms with Gasteiger partial charge in [0.05, 0.1) is 7.11 Å². The quantitative estimate of drug-likeness (QED) is 0.346. The van der Waals surface area contributed by atoms with Crippen LogP contribution in [0.4, 0.5) is 0 Å². The zero-order valence-electron chi connectivity index (χ0n) is 9.12. The fourth-order valence-corrected chi connectivity index (χ4v) is 4.62. The highest BCUT2D eigenvalue weighted by Gasteiger charge is 2.32. The summed E-state index contributed by atoms with van der Waals surface area (Å²) in [5.41, 5.74) is 2.35. The van der Waals surface area contributed by atoms with E-state index in [1.54, 1.807) is 13.2 Å². The van der Waals surface area contributed by atoms with Crippen LogP contribution in [-0.4, -0.2) is 20.0 Å². The molecule has 0 saturated heterocycles. The van der Waals surface area contributed by atoms with Crippen LogP contribution >= 0.6 is 22.7 Å². The molecule has 86 valence electrons. The van der Waals surface area contributed by atoms with E-state index in [-0.39, 0.29) is 0 Å². The first-order chi connectivity index (χ1) is 7.68. The SMILES string of the molecule is C=C/C=C/[Si](Cl)(CCl)c1ccccc1OC. The number of alkyl halides is 1. The highest BCUT2D eigenvalue weighted by Crippen LogP contribution is 2.20. The van der Waals surface area contributed by atoms with Gasteiger partial charge in [-0.3, -0.25) is 0 Å². The summed E-state index contributed by atoms with van der Waals surface area (Å²) in [5.74, 6) is 0.790. The third kappa shape index (κ3) is 2.91. The normalized spacial score (nSPS) is 14.7. The van der Waals surface area contributed by atoms with E-state index < -0.39 is 7.38 Å². The summed E-state index contributed by atoms with van der Waals surface area (Å²) in [5, 5.41) is 0.993. The van der Waals surface area contributed by atoms with Gasteiger partial charge in [-0.15, -0.1) is 11.6 Å². The van der Waals surface area contributed by atoms with Crippen LogP contribution in [0.5, 0.6) is 5.75 Å². The number of hydrogen-bond donors (Lipinski definition) is 0. The Balaban J connectivity index is 3.21. The van der Waals surface area contributed by atoms with Crippen LogP contribution in [0, 0.1) is 0 Å². The third-order valence-corrected chi connectivity index (χ3v) is 7.73. The molecule has 0 spiro atoms. The van der Waals surface area contributed by atoms with E-state index >= 15 is 0 Å². The second-order valence-corrected chi connectivity index (χ2v) is 8.98. The van der Waals surface area contributed by atoms with Gasteiger partial charge in [0.25, 0.3) is 0 Å². The van der Waals surface area contributed by atoms with Gasteiger partial charge in [-0.25, -0.2) is 0 Å². The summed E-state index contributed by atoms with van der Waals surface area (Å²) in [4.78, 5) is 0. The molecule has 1 rings (SSSR count). The maximum atomic E-state index is 6.60. The van der Waals surface area contributed by atoms with Gasteiger partial charge in [-0.1, -0.05) is 42.6 Å². The molecule has 1 nitrogen and oxygen atoms in total. The minimum absolute atomic E-state index is 0.402. The molecule has 0 amide bonds. The lowest BCUT2D eigenvalue weighted by atomic mass is 10.3. The van der Waals surface area contributed by atoms with Crippen LogP contribution in [0.3, 0.4) is 0 Å². The van der Waals surface area contributed by atoms with Crippen molar-refractivity contribution in [3.8, 4) is 5.75 Å². The van der Waals surface area contributed by atoms with Crippen molar-refractivity contribution in [1.29, 1.82) is 0 Å². The second-order valence-electron chi connectivity index (χ2n) is 3.29. The van der Waals surface area contributed by atoms with Gasteiger partial charge < -0.3 is 4.74 Å². The van der Waals surface area contributed by atoms with Gasteiger partial charge in [0.1, 0.15) is 5.75 Å². The summed E-state index contributed by atoms with van der Waals surface area (Å²) in [6.07, 6.45) is 3.54. The predicted molar refractivity (Wildman–Crippen MR) is 74.3 cm³/mol. The number of benzene rings is 1. The molecular weight excluding hydrogens is 259 g/mol. The molecule has 0 fully saturated rings. The average Bonchev–Trinajstić information content (AvgIpc) is 2.36. The number of halogens is 2. The van der Waals surface area contributed by atoms with E-state index in [1.807, 2.05) is 36.0 Å². The maximum Gasteiger partial charge on any atom is 0.228 e. The Bertz CT molecular complexity index is 392. The first kappa shape index (κ1) is 13.4. The van der Waals surface area contributed by atoms with Gasteiger partial charge in [0.2, 0.25) is 7.38 Å². The van der Waals surface area contributed by atoms with E-state index in [1.165, 1.54) is 0 Å². The fourth-order valence-electron chi connectivity index (χ4n) is 1.41. The lowest BCUT2D eigenvalue weighted by Crippen LogP contribution is -2.43. The molecule has 0 aliphatic carbocycles. The number of methoxy groups -OCH3 is 1. The molecule has 1 unspecified atom stereocenters. The number of hydrogen-bond acceptors (Lipinski definition) is 1. The maximum absolute atomic E-state index is 6.60. The van der Waals surface area contributed by atoms with Gasteiger partial charge in [0, 0.05) is 10.7 Å². The summed E-state index contributed by atoms with van der Waals surface area (Å²) < 4.78 is 5.31. The lowest BCUT2D eigenvalue weighted by Gasteiger charge is -2.20. The molecule has 0 heterocycles. The van der Waals surface area contributed by atoms with Crippen molar-refractivity contribution >= 4 is 35.3 Å². The lowest BCUT2D eigenvalue weighted by molar-refractivity contribution is 0.418. The Morgan fingerprint density at radius 2 is 2.12 bits per heavy atom. The minimum atomic E-state index is -2.33. The molecule has 0 saturated carbocycles. The van der Waals surface area contributed by atoms with Crippen molar-refractivity contribution < 1.29 is 4.74 Å². The van der Waals surface area contributed by atoms with Gasteiger partial charge in [-0.2, -0.15) is 11.1 Å². The standard InChI is InChI=1S/C12H14Cl2OSi/c1-3-4-9-16(14,10-13)12-8-6-5-7-11(12)15-2/h3-9H,1,10H2,2H3/b9-4+. The first-order valence-electron chi connectivity index (χ1n) is 4.86. The molecule has 0 aliphatic heterocycles. The largest absolute Gasteiger partial charge is 0.497 e. The second kappa shape index (κ2) is 6.14. The molecule has 0 bridgehead atoms. The fraction of sp³-hybridized carbons (Fsp3) is 0.167. The van der Waals surface area contributed by atoms with E-state index in [2.05, 4.69) is 6.58 Å². The zero-order valence-corrected chi connectivity index (χ0v) is 11.6. The monoisotopic (exact) mass is 272 g/mol. The number of ether oxygens (including phenoxy) is 1. The Labute approximate surface area is 107 Å². The van der Waals surface area contributed by atoms with E-state index in [4.69, 9.17) is 27.4 Å². The van der Waals surface area contributed by atoms with Crippen molar-refractivity contribution in [2.75, 3.05) is 12.6 Å². The Hall–Kier alpha value is -0.703. The van der Waals surface area contributed by atoms with Gasteiger partial charge in [-0.05, 0) is 6.07 Å². The van der Waals surface area contributed by atoms with Crippen molar-refractivity contribution in [1.82, 2.24) is 0 Å². The number of para-hydroxylation sites is 1. The molecule has 1 aromatic carbocycles. The van der Waals surface area contributed by atoms with Crippen LogP contribution in [0.25, 0.3) is 0 Å². The molecular formula is C12H14Cl2OSi. The summed E-state index contributed by atoms with van der Waals surface area (Å²) in [7, 11) is -0.690. The molecule has 0 N–H and O–H groups in total. The van der Waals surface area contributed by atoms with Crippen molar-refractivity contribution in [3.05, 3.63) is 48.7 Å². The topological polar surface area (TPSA) is 9.23 Å². The minimum Gasteiger partial charge on any atom is -0.497 e. The van der Waals surface area contributed by atoms with Crippen molar-refractivity contribution in [2.45, 2.75) is 0 Å². The van der Waals surface area contributed by atoms with Crippen LogP contribution in [-0.2, 0) is 0 Å². The molecule has 1 aromatic rings. The average molecular weight is 273 g/mol. The van der Waals surface area contributed by atoms with Crippen LogP contribution < -0.4 is 9.92 Å². The van der Waals surface area contributed by atoms with Gasteiger partial charge in [0.15, 0.2) is 0 Å². The molecule has 0 radical (unpaired) electrons. The van der Waals surface area contributed by atoms with E-state index in [9.17, 15) is 0 Å². The predicted octanol–water partition coefficient (Wildman–Crippen LogP) is 3.15. The molecule has 1 atom stereocenters.